The summed E-state index contributed by atoms with van der Waals surface area (Å²) in [5.41, 5.74) is 4.15. The molecule has 41 heavy (non-hydrogen) atoms. The van der Waals surface area contributed by atoms with Crippen molar-refractivity contribution in [1.82, 2.24) is 15.2 Å². The van der Waals surface area contributed by atoms with Crippen molar-refractivity contribution in [3.8, 4) is 0 Å². The fraction of sp³-hybridized carbons (Fsp3) is 0.281. The van der Waals surface area contributed by atoms with Crippen molar-refractivity contribution in [2.45, 2.75) is 44.9 Å². The van der Waals surface area contributed by atoms with Gasteiger partial charge in [0.25, 0.3) is 11.8 Å². The molecule has 6 rings (SSSR count). The third-order valence-electron chi connectivity index (χ3n) is 7.66. The lowest BCUT2D eigenvalue weighted by Gasteiger charge is -2.36. The number of benzene rings is 3. The van der Waals surface area contributed by atoms with Gasteiger partial charge in [0.2, 0.25) is 0 Å². The van der Waals surface area contributed by atoms with Crippen LogP contribution < -0.4 is 10.2 Å². The summed E-state index contributed by atoms with van der Waals surface area (Å²) in [7, 11) is 0. The van der Waals surface area contributed by atoms with E-state index in [2.05, 4.69) is 10.3 Å². The van der Waals surface area contributed by atoms with Crippen LogP contribution >= 0.6 is 11.6 Å². The number of nitrogens with zero attached hydrogens (tertiary/aromatic N) is 2. The molecule has 0 aliphatic carbocycles. The number of anilines is 1. The summed E-state index contributed by atoms with van der Waals surface area (Å²) < 4.78 is 5.55. The normalized spacial score (nSPS) is 18.2. The summed E-state index contributed by atoms with van der Waals surface area (Å²) in [6, 6.07) is 20.3. The fourth-order valence-corrected chi connectivity index (χ4v) is 6.07. The Bertz CT molecular complexity index is 1650. The predicted octanol–water partition coefficient (Wildman–Crippen LogP) is 5.85. The highest BCUT2D eigenvalue weighted by molar-refractivity contribution is 6.30. The molecule has 0 spiro atoms. The first-order chi connectivity index (χ1) is 19.8. The highest BCUT2D eigenvalue weighted by Crippen LogP contribution is 2.45. The van der Waals surface area contributed by atoms with Gasteiger partial charge in [-0.25, -0.2) is 9.69 Å². The van der Waals surface area contributed by atoms with Crippen LogP contribution in [0.2, 0.25) is 5.02 Å². The number of hydrogen-bond donors (Lipinski definition) is 2. The zero-order valence-corrected chi connectivity index (χ0v) is 23.6. The lowest BCUT2D eigenvalue weighted by Crippen LogP contribution is -2.44. The standard InChI is InChI=1S/C32H31ClN4O4/c1-19(2)41-16-8-15-34-30(38)23-12-4-6-14-26(23)37-31(39)27-18-24-22-11-3-5-13-25(22)35-28(24)29(36(27)32(37)40)20-9-7-10-21(33)17-20/h3-7,9-14,17,19,27,29,35H,8,15-16,18H2,1-2H3,(H,34,38)/t27-,29?/m0/s1. The van der Waals surface area contributed by atoms with Gasteiger partial charge in [0.1, 0.15) is 12.1 Å². The number of ether oxygens (including phenoxy) is 1. The second-order valence-corrected chi connectivity index (χ2v) is 11.1. The molecule has 1 unspecified atom stereocenters. The molecule has 1 aromatic heterocycles. The number of hydrogen-bond acceptors (Lipinski definition) is 4. The van der Waals surface area contributed by atoms with Crippen LogP contribution in [0.15, 0.2) is 72.8 Å². The number of aromatic amines is 1. The quantitative estimate of drug-likeness (QED) is 0.205. The third-order valence-corrected chi connectivity index (χ3v) is 7.90. The third kappa shape index (κ3) is 4.87. The summed E-state index contributed by atoms with van der Waals surface area (Å²) in [5, 5.41) is 4.46. The molecule has 3 heterocycles. The second-order valence-electron chi connectivity index (χ2n) is 10.6. The van der Waals surface area contributed by atoms with Crippen LogP contribution in [-0.2, 0) is 16.0 Å². The van der Waals surface area contributed by atoms with Gasteiger partial charge in [-0.15, -0.1) is 0 Å². The molecule has 4 amide bonds. The van der Waals surface area contributed by atoms with E-state index in [1.54, 1.807) is 35.2 Å². The van der Waals surface area contributed by atoms with Crippen LogP contribution in [0, 0.1) is 0 Å². The Balaban J connectivity index is 1.36. The maximum absolute atomic E-state index is 14.2. The number of nitrogens with one attached hydrogen (secondary N) is 2. The Morgan fingerprint density at radius 2 is 1.85 bits per heavy atom. The van der Waals surface area contributed by atoms with E-state index >= 15 is 0 Å². The van der Waals surface area contributed by atoms with Crippen molar-refractivity contribution in [1.29, 1.82) is 0 Å². The average Bonchev–Trinajstić information content (AvgIpc) is 3.45. The minimum atomic E-state index is -0.734. The number of H-pyrrole nitrogens is 1. The molecule has 8 nitrogen and oxygen atoms in total. The molecule has 4 aromatic rings. The van der Waals surface area contributed by atoms with Gasteiger partial charge in [-0.3, -0.25) is 14.5 Å². The number of aromatic nitrogens is 1. The van der Waals surface area contributed by atoms with Gasteiger partial charge < -0.3 is 15.0 Å². The van der Waals surface area contributed by atoms with Crippen molar-refractivity contribution in [2.75, 3.05) is 18.1 Å². The lowest BCUT2D eigenvalue weighted by molar-refractivity contribution is -0.120. The number of urea groups is 1. The van der Waals surface area contributed by atoms with Crippen LogP contribution in [0.5, 0.6) is 0 Å². The Hall–Kier alpha value is -4.14. The van der Waals surface area contributed by atoms with Crippen LogP contribution in [-0.4, -0.2) is 53.0 Å². The van der Waals surface area contributed by atoms with Crippen molar-refractivity contribution in [3.05, 3.63) is 100 Å². The largest absolute Gasteiger partial charge is 0.379 e. The Morgan fingerprint density at radius 1 is 1.07 bits per heavy atom. The molecule has 2 N–H and O–H groups in total. The molecule has 3 aromatic carbocycles. The maximum Gasteiger partial charge on any atom is 0.332 e. The Morgan fingerprint density at radius 3 is 2.66 bits per heavy atom. The van der Waals surface area contributed by atoms with Gasteiger partial charge in [0, 0.05) is 41.2 Å². The van der Waals surface area contributed by atoms with E-state index in [-0.39, 0.29) is 29.2 Å². The number of imide groups is 1. The summed E-state index contributed by atoms with van der Waals surface area (Å²) in [4.78, 5) is 47.8. The predicted molar refractivity (Wildman–Crippen MR) is 158 cm³/mol. The van der Waals surface area contributed by atoms with Gasteiger partial charge in [-0.05, 0) is 61.7 Å². The van der Waals surface area contributed by atoms with E-state index < -0.39 is 18.1 Å². The lowest BCUT2D eigenvalue weighted by atomic mass is 9.89. The number of amides is 4. The first kappa shape index (κ1) is 27.1. The van der Waals surface area contributed by atoms with E-state index in [1.807, 2.05) is 56.3 Å². The van der Waals surface area contributed by atoms with E-state index in [0.717, 1.165) is 32.6 Å². The van der Waals surface area contributed by atoms with Crippen molar-refractivity contribution in [2.24, 2.45) is 0 Å². The van der Waals surface area contributed by atoms with Crippen LogP contribution in [0.25, 0.3) is 10.9 Å². The summed E-state index contributed by atoms with van der Waals surface area (Å²) in [6.07, 6.45) is 1.13. The van der Waals surface area contributed by atoms with Crippen molar-refractivity contribution in [3.63, 3.8) is 0 Å². The number of carbonyl (C=O) groups is 3. The fourth-order valence-electron chi connectivity index (χ4n) is 5.87. The van der Waals surface area contributed by atoms with Gasteiger partial charge >= 0.3 is 6.03 Å². The number of halogens is 1. The van der Waals surface area contributed by atoms with Crippen molar-refractivity contribution >= 4 is 46.0 Å². The Kier molecular flexibility index (Phi) is 7.28. The van der Waals surface area contributed by atoms with E-state index in [9.17, 15) is 14.4 Å². The first-order valence-electron chi connectivity index (χ1n) is 13.8. The molecule has 1 fully saturated rings. The molecule has 0 bridgehead atoms. The van der Waals surface area contributed by atoms with Crippen LogP contribution in [0.1, 0.15) is 53.5 Å². The average molecular weight is 571 g/mol. The molecule has 0 radical (unpaired) electrons. The molecule has 2 atom stereocenters. The number of carbonyl (C=O) groups excluding carboxylic acids is 3. The van der Waals surface area contributed by atoms with Gasteiger partial charge in [-0.2, -0.15) is 0 Å². The van der Waals surface area contributed by atoms with Crippen LogP contribution in [0.3, 0.4) is 0 Å². The topological polar surface area (TPSA) is 94.7 Å². The van der Waals surface area contributed by atoms with E-state index in [1.165, 1.54) is 0 Å². The Labute approximate surface area is 243 Å². The molecule has 0 saturated carbocycles. The van der Waals surface area contributed by atoms with Gasteiger partial charge in [-0.1, -0.05) is 54.1 Å². The van der Waals surface area contributed by atoms with E-state index in [0.29, 0.717) is 31.0 Å². The van der Waals surface area contributed by atoms with Crippen molar-refractivity contribution < 1.29 is 19.1 Å². The molecular weight excluding hydrogens is 540 g/mol. The zero-order valence-electron chi connectivity index (χ0n) is 22.9. The second kappa shape index (κ2) is 11.0. The van der Waals surface area contributed by atoms with Crippen LogP contribution in [0.4, 0.5) is 10.5 Å². The van der Waals surface area contributed by atoms with Gasteiger partial charge in [0.05, 0.1) is 17.4 Å². The van der Waals surface area contributed by atoms with Gasteiger partial charge in [0.15, 0.2) is 0 Å². The summed E-state index contributed by atoms with van der Waals surface area (Å²) >= 11 is 6.39. The summed E-state index contributed by atoms with van der Waals surface area (Å²) in [5.74, 6) is -0.707. The highest BCUT2D eigenvalue weighted by atomic mass is 35.5. The molecule has 1 saturated heterocycles. The minimum Gasteiger partial charge on any atom is -0.379 e. The minimum absolute atomic E-state index is 0.118. The molecular formula is C32H31ClN4O4. The molecule has 9 heteroatoms. The maximum atomic E-state index is 14.2. The molecule has 2 aliphatic heterocycles. The first-order valence-corrected chi connectivity index (χ1v) is 14.2. The number of rotatable bonds is 8. The van der Waals surface area contributed by atoms with E-state index in [4.69, 9.17) is 16.3 Å². The number of para-hydroxylation sites is 2. The molecule has 2 aliphatic rings. The summed E-state index contributed by atoms with van der Waals surface area (Å²) in [6.45, 7) is 4.86. The highest BCUT2D eigenvalue weighted by Gasteiger charge is 2.53. The SMILES string of the molecule is CC(C)OCCCNC(=O)c1ccccc1N1C(=O)[C@@H]2Cc3c([nH]c4ccccc34)C(c3cccc(Cl)c3)N2C1=O. The smallest absolute Gasteiger partial charge is 0.332 e. The zero-order chi connectivity index (χ0) is 28.7. The monoisotopic (exact) mass is 570 g/mol. The number of fused-ring (bicyclic) bond motifs is 4. The molecule has 210 valence electrons.